The van der Waals surface area contributed by atoms with Gasteiger partial charge in [0.2, 0.25) is 0 Å². The van der Waals surface area contributed by atoms with Crippen LogP contribution in [0.5, 0.6) is 5.75 Å². The molecule has 6 nitrogen and oxygen atoms in total. The Morgan fingerprint density at radius 1 is 1.38 bits per heavy atom. The highest BCUT2D eigenvalue weighted by atomic mass is 32.1. The highest BCUT2D eigenvalue weighted by Crippen LogP contribution is 2.29. The molecule has 0 atom stereocenters. The van der Waals surface area contributed by atoms with Gasteiger partial charge in [-0.15, -0.1) is 11.3 Å². The Hall–Kier alpha value is -2.41. The van der Waals surface area contributed by atoms with Crippen LogP contribution >= 0.6 is 11.3 Å². The number of nitro benzene ring substituents is 1. The molecule has 1 N–H and O–H groups in total. The van der Waals surface area contributed by atoms with Crippen LogP contribution in [-0.2, 0) is 13.0 Å². The molecule has 0 aliphatic carbocycles. The predicted molar refractivity (Wildman–Crippen MR) is 77.5 cm³/mol. The van der Waals surface area contributed by atoms with Gasteiger partial charge in [-0.1, -0.05) is 0 Å². The number of benzene rings is 1. The number of carbonyl (C=O) groups is 1. The van der Waals surface area contributed by atoms with Crippen molar-refractivity contribution in [3.05, 3.63) is 55.8 Å². The minimum Gasteiger partial charge on any atom is -0.502 e. The smallest absolute Gasteiger partial charge is 0.310 e. The lowest BCUT2D eigenvalue weighted by Crippen LogP contribution is -2.35. The average molecular weight is 304 g/mol. The Bertz CT molecular complexity index is 726. The number of phenols is 1. The van der Waals surface area contributed by atoms with Gasteiger partial charge in [0, 0.05) is 29.6 Å². The van der Waals surface area contributed by atoms with Gasteiger partial charge in [0.15, 0.2) is 5.75 Å². The molecule has 1 aromatic heterocycles. The Kier molecular flexibility index (Phi) is 3.34. The van der Waals surface area contributed by atoms with Crippen LogP contribution in [0.2, 0.25) is 0 Å². The molecule has 2 aromatic rings. The lowest BCUT2D eigenvalue weighted by Gasteiger charge is -2.27. The number of fused-ring (bicyclic) bond motifs is 1. The van der Waals surface area contributed by atoms with Crippen LogP contribution in [0.3, 0.4) is 0 Å². The van der Waals surface area contributed by atoms with Crippen LogP contribution in [0, 0.1) is 10.1 Å². The number of amides is 1. The number of hydrogen-bond donors (Lipinski definition) is 1. The topological polar surface area (TPSA) is 83.7 Å². The second-order valence-corrected chi connectivity index (χ2v) is 5.81. The van der Waals surface area contributed by atoms with Crippen LogP contribution in [0.25, 0.3) is 0 Å². The fourth-order valence-corrected chi connectivity index (χ4v) is 3.30. The third-order valence-electron chi connectivity index (χ3n) is 3.51. The molecule has 2 heterocycles. The second-order valence-electron chi connectivity index (χ2n) is 4.81. The number of carbonyl (C=O) groups excluding carboxylic acids is 1. The van der Waals surface area contributed by atoms with E-state index in [0.717, 1.165) is 24.1 Å². The number of rotatable bonds is 2. The summed E-state index contributed by atoms with van der Waals surface area (Å²) in [7, 11) is 0. The fourth-order valence-electron chi connectivity index (χ4n) is 2.42. The van der Waals surface area contributed by atoms with Crippen LogP contribution < -0.4 is 0 Å². The monoisotopic (exact) mass is 304 g/mol. The number of phenolic OH excluding ortho intramolecular Hbond substituents is 1. The summed E-state index contributed by atoms with van der Waals surface area (Å²) < 4.78 is 0. The molecular formula is C14H12N2O4S. The van der Waals surface area contributed by atoms with Gasteiger partial charge in [0.1, 0.15) is 0 Å². The summed E-state index contributed by atoms with van der Waals surface area (Å²) in [6.45, 7) is 1.15. The predicted octanol–water partition coefficient (Wildman–Crippen LogP) is 2.56. The molecule has 7 heteroatoms. The van der Waals surface area contributed by atoms with Crippen LogP contribution in [-0.4, -0.2) is 27.4 Å². The zero-order valence-electron chi connectivity index (χ0n) is 11.0. The van der Waals surface area contributed by atoms with E-state index in [-0.39, 0.29) is 11.5 Å². The van der Waals surface area contributed by atoms with Crippen LogP contribution in [0.4, 0.5) is 5.69 Å². The lowest BCUT2D eigenvalue weighted by atomic mass is 10.1. The minimum atomic E-state index is -0.678. The molecule has 0 unspecified atom stereocenters. The summed E-state index contributed by atoms with van der Waals surface area (Å²) in [6, 6.07) is 5.70. The Labute approximate surface area is 124 Å². The third kappa shape index (κ3) is 2.47. The van der Waals surface area contributed by atoms with E-state index in [4.69, 9.17) is 0 Å². The van der Waals surface area contributed by atoms with Gasteiger partial charge in [0.25, 0.3) is 5.91 Å². The summed E-state index contributed by atoms with van der Waals surface area (Å²) >= 11 is 1.69. The van der Waals surface area contributed by atoms with Crippen molar-refractivity contribution in [3.63, 3.8) is 0 Å². The molecule has 3 rings (SSSR count). The van der Waals surface area contributed by atoms with Crippen molar-refractivity contribution in [2.24, 2.45) is 0 Å². The standard InChI is InChI=1S/C14H12N2O4S/c17-12-7-9(1-2-11(12)16(19)20)14(18)15-5-3-13-10(8-15)4-6-21-13/h1-2,4,6-7,17H,3,5,8H2. The molecule has 0 bridgehead atoms. The maximum atomic E-state index is 12.4. The van der Waals surface area contributed by atoms with Gasteiger partial charge >= 0.3 is 5.69 Å². The first-order valence-electron chi connectivity index (χ1n) is 6.38. The van der Waals surface area contributed by atoms with E-state index < -0.39 is 16.4 Å². The Balaban J connectivity index is 1.83. The summed E-state index contributed by atoms with van der Waals surface area (Å²) in [5, 5.41) is 22.3. The zero-order valence-corrected chi connectivity index (χ0v) is 11.8. The maximum Gasteiger partial charge on any atom is 0.310 e. The quantitative estimate of drug-likeness (QED) is 0.682. The highest BCUT2D eigenvalue weighted by molar-refractivity contribution is 7.10. The van der Waals surface area contributed by atoms with Crippen molar-refractivity contribution in [1.29, 1.82) is 0 Å². The van der Waals surface area contributed by atoms with Gasteiger partial charge < -0.3 is 10.0 Å². The van der Waals surface area contributed by atoms with Gasteiger partial charge in [-0.05, 0) is 35.6 Å². The molecule has 1 amide bonds. The maximum absolute atomic E-state index is 12.4. The van der Waals surface area contributed by atoms with E-state index in [9.17, 15) is 20.0 Å². The zero-order chi connectivity index (χ0) is 15.0. The molecule has 21 heavy (non-hydrogen) atoms. The molecule has 0 saturated heterocycles. The molecule has 0 fully saturated rings. The number of thiophene rings is 1. The van der Waals surface area contributed by atoms with E-state index in [0.29, 0.717) is 13.1 Å². The van der Waals surface area contributed by atoms with Crippen molar-refractivity contribution in [1.82, 2.24) is 4.90 Å². The Morgan fingerprint density at radius 2 is 2.19 bits per heavy atom. The fraction of sp³-hybridized carbons (Fsp3) is 0.214. The average Bonchev–Trinajstić information content (AvgIpc) is 2.93. The summed E-state index contributed by atoms with van der Waals surface area (Å²) in [5.41, 5.74) is 1.01. The molecular weight excluding hydrogens is 292 g/mol. The third-order valence-corrected chi connectivity index (χ3v) is 4.54. The van der Waals surface area contributed by atoms with E-state index in [1.54, 1.807) is 16.2 Å². The summed E-state index contributed by atoms with van der Waals surface area (Å²) in [5.74, 6) is -0.712. The van der Waals surface area contributed by atoms with E-state index >= 15 is 0 Å². The van der Waals surface area contributed by atoms with Crippen LogP contribution in [0.15, 0.2) is 29.6 Å². The van der Waals surface area contributed by atoms with E-state index in [1.165, 1.54) is 10.9 Å². The van der Waals surface area contributed by atoms with Gasteiger partial charge in [-0.25, -0.2) is 0 Å². The number of aromatic hydroxyl groups is 1. The van der Waals surface area contributed by atoms with Crippen molar-refractivity contribution in [2.75, 3.05) is 6.54 Å². The van der Waals surface area contributed by atoms with Gasteiger partial charge in [-0.3, -0.25) is 14.9 Å². The van der Waals surface area contributed by atoms with Crippen molar-refractivity contribution < 1.29 is 14.8 Å². The normalized spacial score (nSPS) is 13.8. The molecule has 0 spiro atoms. The van der Waals surface area contributed by atoms with E-state index in [1.807, 2.05) is 11.4 Å². The lowest BCUT2D eigenvalue weighted by molar-refractivity contribution is -0.385. The first-order chi connectivity index (χ1) is 10.1. The number of nitrogens with zero attached hydrogens (tertiary/aromatic N) is 2. The van der Waals surface area contributed by atoms with Crippen molar-refractivity contribution >= 4 is 22.9 Å². The molecule has 108 valence electrons. The molecule has 0 saturated carbocycles. The van der Waals surface area contributed by atoms with Gasteiger partial charge in [0.05, 0.1) is 4.92 Å². The molecule has 1 aromatic carbocycles. The summed E-state index contributed by atoms with van der Waals surface area (Å²) in [6.07, 6.45) is 0.817. The molecule has 1 aliphatic rings. The molecule has 0 radical (unpaired) electrons. The SMILES string of the molecule is O=C(c1ccc([N+](=O)[O-])c(O)c1)N1CCc2sccc2C1. The van der Waals surface area contributed by atoms with E-state index in [2.05, 4.69) is 0 Å². The van der Waals surface area contributed by atoms with Crippen molar-refractivity contribution in [3.8, 4) is 5.75 Å². The number of hydrogen-bond acceptors (Lipinski definition) is 5. The van der Waals surface area contributed by atoms with Gasteiger partial charge in [-0.2, -0.15) is 0 Å². The van der Waals surface area contributed by atoms with Crippen molar-refractivity contribution in [2.45, 2.75) is 13.0 Å². The number of nitro groups is 1. The second kappa shape index (κ2) is 5.17. The first kappa shape index (κ1) is 13.6. The largest absolute Gasteiger partial charge is 0.502 e. The highest BCUT2D eigenvalue weighted by Gasteiger charge is 2.24. The van der Waals surface area contributed by atoms with Crippen LogP contribution in [0.1, 0.15) is 20.8 Å². The first-order valence-corrected chi connectivity index (χ1v) is 7.26. The Morgan fingerprint density at radius 3 is 2.90 bits per heavy atom. The molecule has 1 aliphatic heterocycles. The minimum absolute atomic E-state index is 0.225. The summed E-state index contributed by atoms with van der Waals surface area (Å²) in [4.78, 5) is 25.4.